The Bertz CT molecular complexity index is 4000. The summed E-state index contributed by atoms with van der Waals surface area (Å²) in [5, 5.41) is 0.898. The van der Waals surface area contributed by atoms with Crippen LogP contribution >= 0.6 is 34.8 Å². The molecule has 5 aromatic heterocycles. The van der Waals surface area contributed by atoms with Crippen molar-refractivity contribution < 1.29 is 13.5 Å². The van der Waals surface area contributed by atoms with Gasteiger partial charge < -0.3 is 18.4 Å². The van der Waals surface area contributed by atoms with Gasteiger partial charge in [0, 0.05) is 58.8 Å². The molecule has 0 N–H and O–H groups in total. The summed E-state index contributed by atoms with van der Waals surface area (Å²) in [4.78, 5) is 68.7. The molecule has 0 saturated carbocycles. The molecule has 18 heteroatoms. The van der Waals surface area contributed by atoms with Gasteiger partial charge in [-0.3, -0.25) is 33.1 Å². The van der Waals surface area contributed by atoms with Crippen molar-refractivity contribution in [2.24, 2.45) is 0 Å². The van der Waals surface area contributed by atoms with Gasteiger partial charge in [0.25, 0.3) is 34.2 Å². The normalized spacial score (nSPS) is 12.3. The summed E-state index contributed by atoms with van der Waals surface area (Å²) in [5.41, 5.74) is 13.1. The zero-order valence-electron chi connectivity index (χ0n) is 63.9. The predicted octanol–water partition coefficient (Wildman–Crippen LogP) is 21.5. The van der Waals surface area contributed by atoms with E-state index < -0.39 is 12.0 Å². The van der Waals surface area contributed by atoms with Crippen molar-refractivity contribution in [2.75, 3.05) is 13.2 Å². The van der Waals surface area contributed by atoms with Gasteiger partial charge in [-0.05, 0) is 210 Å². The number of aryl methyl sites for hydroxylation is 4. The number of rotatable bonds is 14. The molecular weight excluding hydrogens is 1290 g/mol. The number of terminal acetylenes is 1. The fraction of sp³-hybridized carbons (Fsp3) is 0.582. The molecule has 6 aromatic rings. The maximum atomic E-state index is 13.0. The van der Waals surface area contributed by atoms with Gasteiger partial charge in [0.15, 0.2) is 5.69 Å². The fourth-order valence-corrected chi connectivity index (χ4v) is 13.3. The van der Waals surface area contributed by atoms with Crippen molar-refractivity contribution >= 4 is 40.5 Å². The number of nitrogens with zero attached hydrogens (tertiary/aromatic N) is 7. The van der Waals surface area contributed by atoms with Gasteiger partial charge in [0.05, 0.1) is 36.7 Å². The molecule has 0 aliphatic carbocycles. The quantitative estimate of drug-likeness (QED) is 0.0782. The first-order valence-electron chi connectivity index (χ1n) is 34.2. The van der Waals surface area contributed by atoms with Crippen molar-refractivity contribution in [2.45, 2.75) is 292 Å². The standard InChI is InChI=1S/C15H21N.C14H20ClNO2.C13H16ClNO.C13H19F2NO.C13H21NO.C11H17ClN2O/c1-9(2)13-8-11(5)14(10(3)4)15(16-7)12(13)6;1-8(2)11-5-12(10-6-18-7-10)16(9(3)4)14(17)13(11)15;1-6-10-7-11(8(2)3)12(14)13(16)15(10)9(4)5;1-7(2)10-6-9(5)16(8(3)4)13(17)11(10)12(14)15;1-8(2)12-7-10(5)14(9(3)4)13(15)11(12)6;1-6(2)10-9(12)11(15)14(7(3)4)8(5)13-10/h8-10H,1-6H3;5,8-10H,6-7H2,1-4H3;1,7-9H,2-5H3;6-8,12H,1-5H3;7-9H,1-6H3;6-7H,1-5H3. The molecule has 1 aliphatic heterocycles. The molecule has 1 aromatic carbocycles. The molecule has 13 nitrogen and oxygen atoms in total. The van der Waals surface area contributed by atoms with E-state index >= 15 is 0 Å². The molecule has 1 aliphatic rings. The summed E-state index contributed by atoms with van der Waals surface area (Å²) in [7, 11) is 0. The van der Waals surface area contributed by atoms with Gasteiger partial charge in [0.1, 0.15) is 20.9 Å². The first kappa shape index (κ1) is 86.7. The van der Waals surface area contributed by atoms with Crippen LogP contribution in [0.15, 0.2) is 54.3 Å². The number of hydrogen-bond donors (Lipinski definition) is 0. The van der Waals surface area contributed by atoms with E-state index in [0.717, 1.165) is 45.3 Å². The predicted molar refractivity (Wildman–Crippen MR) is 404 cm³/mol. The van der Waals surface area contributed by atoms with Crippen molar-refractivity contribution in [1.29, 1.82) is 0 Å². The minimum Gasteiger partial charge on any atom is -0.380 e. The average Bonchev–Trinajstić information content (AvgIpc) is 0.811. The number of hydrogen-bond acceptors (Lipinski definition) is 7. The van der Waals surface area contributed by atoms with Crippen LogP contribution in [0.3, 0.4) is 0 Å². The second kappa shape index (κ2) is 37.7. The Morgan fingerprint density at radius 2 is 0.866 bits per heavy atom. The number of aromatic nitrogens is 6. The first-order valence-corrected chi connectivity index (χ1v) is 35.4. The van der Waals surface area contributed by atoms with Crippen LogP contribution in [-0.4, -0.2) is 41.0 Å². The fourth-order valence-electron chi connectivity index (χ4n) is 12.3. The lowest BCUT2D eigenvalue weighted by Gasteiger charge is -2.31. The highest BCUT2D eigenvalue weighted by atomic mass is 35.5. The maximum absolute atomic E-state index is 13.0. The molecule has 0 amide bonds. The summed E-state index contributed by atoms with van der Waals surface area (Å²) in [5.74, 6) is 5.46. The smallest absolute Gasteiger partial charge is 0.272 e. The van der Waals surface area contributed by atoms with Gasteiger partial charge in [-0.2, -0.15) is 0 Å². The second-order valence-corrected chi connectivity index (χ2v) is 30.0. The first-order chi connectivity index (χ1) is 44.7. The maximum Gasteiger partial charge on any atom is 0.272 e. The van der Waals surface area contributed by atoms with Gasteiger partial charge in [0.2, 0.25) is 0 Å². The average molecular weight is 1400 g/mol. The van der Waals surface area contributed by atoms with Crippen LogP contribution in [0.2, 0.25) is 15.1 Å². The zero-order chi connectivity index (χ0) is 75.2. The van der Waals surface area contributed by atoms with Crippen molar-refractivity contribution in [3.05, 3.63) is 199 Å². The third-order valence-electron chi connectivity index (χ3n) is 17.1. The lowest BCUT2D eigenvalue weighted by molar-refractivity contribution is 0.00449. The highest BCUT2D eigenvalue weighted by Crippen LogP contribution is 2.38. The third-order valence-corrected chi connectivity index (χ3v) is 18.2. The highest BCUT2D eigenvalue weighted by Gasteiger charge is 2.29. The molecule has 0 spiro atoms. The van der Waals surface area contributed by atoms with E-state index in [1.165, 1.54) is 32.4 Å². The van der Waals surface area contributed by atoms with E-state index in [2.05, 4.69) is 103 Å². The number of ether oxygens (including phenoxy) is 1. The van der Waals surface area contributed by atoms with Gasteiger partial charge >= 0.3 is 0 Å². The zero-order valence-corrected chi connectivity index (χ0v) is 66.2. The molecule has 0 bridgehead atoms. The SMILES string of the molecule is C#Cc1cc(C(C)C)c(Cl)c(=O)n1C(C)C.CC(C)c1cc(C2COC2)n(C(C)C)c(=O)c1Cl.Cc1c(C(C)C)cc(C)n(C(C)C)c1=O.Cc1cc(C(C)C)c(C(F)F)c(=O)n1C(C)C.Cc1nc(C(C)C)c(Cl)c(=O)n1C(C)C.[C-]#[N+]c1c(C)c(C(C)C)cc(C)c1C(C)C. The van der Waals surface area contributed by atoms with Crippen LogP contribution < -0.4 is 27.8 Å². The largest absolute Gasteiger partial charge is 0.380 e. The minimum atomic E-state index is -2.72. The Morgan fingerprint density at radius 1 is 0.474 bits per heavy atom. The Labute approximate surface area is 594 Å². The lowest BCUT2D eigenvalue weighted by Crippen LogP contribution is -2.34. The third kappa shape index (κ3) is 21.3. The monoisotopic (exact) mass is 1400 g/mol. The number of pyridine rings is 4. The molecule has 536 valence electrons. The van der Waals surface area contributed by atoms with E-state index in [1.807, 2.05) is 142 Å². The van der Waals surface area contributed by atoms with Crippen LogP contribution in [-0.2, 0) is 4.74 Å². The number of halogens is 5. The van der Waals surface area contributed by atoms with Crippen LogP contribution in [0.4, 0.5) is 14.5 Å². The molecular formula is C79H114Cl3F2N7O6. The summed E-state index contributed by atoms with van der Waals surface area (Å²) in [6.07, 6.45) is 2.71. The van der Waals surface area contributed by atoms with E-state index in [0.29, 0.717) is 58.9 Å². The Morgan fingerprint density at radius 3 is 1.23 bits per heavy atom. The van der Waals surface area contributed by atoms with Gasteiger partial charge in [-0.25, -0.2) is 18.6 Å². The van der Waals surface area contributed by atoms with E-state index in [-0.39, 0.29) is 91.7 Å². The van der Waals surface area contributed by atoms with E-state index in [1.54, 1.807) is 26.7 Å². The molecule has 0 atom stereocenters. The molecule has 6 heterocycles. The van der Waals surface area contributed by atoms with Crippen LogP contribution in [0, 0.1) is 60.5 Å². The van der Waals surface area contributed by atoms with Crippen LogP contribution in [0.1, 0.15) is 340 Å². The summed E-state index contributed by atoms with van der Waals surface area (Å²) < 4.78 is 39.5. The number of alkyl halides is 2. The Balaban J connectivity index is 0.000000397. The number of benzene rings is 1. The van der Waals surface area contributed by atoms with Crippen molar-refractivity contribution in [3.8, 4) is 12.3 Å². The minimum absolute atomic E-state index is 0.0114. The van der Waals surface area contributed by atoms with E-state index in [4.69, 9.17) is 52.5 Å². The lowest BCUT2D eigenvalue weighted by atomic mass is 9.87. The Kier molecular flexibility index (Phi) is 33.7. The van der Waals surface area contributed by atoms with Crippen LogP contribution in [0.25, 0.3) is 4.85 Å². The topological polar surface area (TPSA) is 136 Å². The van der Waals surface area contributed by atoms with Gasteiger partial charge in [-0.1, -0.05) is 155 Å². The summed E-state index contributed by atoms with van der Waals surface area (Å²) in [6.45, 7) is 68.6. The highest BCUT2D eigenvalue weighted by molar-refractivity contribution is 6.31. The molecule has 0 unspecified atom stereocenters. The van der Waals surface area contributed by atoms with Crippen LogP contribution in [0.5, 0.6) is 0 Å². The molecule has 1 fully saturated rings. The molecule has 0 radical (unpaired) electrons. The summed E-state index contributed by atoms with van der Waals surface area (Å²) in [6, 6.07) is 10.3. The van der Waals surface area contributed by atoms with E-state index in [9.17, 15) is 32.8 Å². The Hall–Kier alpha value is -6.36. The summed E-state index contributed by atoms with van der Waals surface area (Å²) >= 11 is 18.3. The molecule has 97 heavy (non-hydrogen) atoms. The van der Waals surface area contributed by atoms with Gasteiger partial charge in [-0.15, -0.1) is 6.42 Å². The molecule has 1 saturated heterocycles. The second-order valence-electron chi connectivity index (χ2n) is 28.9. The van der Waals surface area contributed by atoms with Crippen molar-refractivity contribution in [3.63, 3.8) is 0 Å². The molecule has 7 rings (SSSR count). The van der Waals surface area contributed by atoms with Crippen molar-refractivity contribution in [1.82, 2.24) is 27.8 Å².